The smallest absolute Gasteiger partial charge is 0.419 e. The predicted molar refractivity (Wildman–Crippen MR) is 132 cm³/mol. The van der Waals surface area contributed by atoms with Crippen LogP contribution in [0.5, 0.6) is 5.75 Å². The Morgan fingerprint density at radius 2 is 1.84 bits per heavy atom. The summed E-state index contributed by atoms with van der Waals surface area (Å²) >= 11 is 5.55. The number of alkyl halides is 3. The summed E-state index contributed by atoms with van der Waals surface area (Å²) < 4.78 is 46.5. The lowest BCUT2D eigenvalue weighted by Crippen LogP contribution is -2.44. The van der Waals surface area contributed by atoms with E-state index in [4.69, 9.17) is 28.0 Å². The van der Waals surface area contributed by atoms with Crippen LogP contribution in [0.1, 0.15) is 36.9 Å². The van der Waals surface area contributed by atoms with Gasteiger partial charge in [0.25, 0.3) is 0 Å². The molecule has 3 heterocycles. The molecule has 2 aromatic rings. The number of amides is 3. The number of thiocarbonyl (C=S) groups is 1. The number of nitrogens with zero attached hydrogens (tertiary/aromatic N) is 5. The first-order valence-electron chi connectivity index (χ1n) is 11.5. The fraction of sp³-hybridized carbons (Fsp3) is 0.375. The highest BCUT2D eigenvalue weighted by Crippen LogP contribution is 2.35. The Morgan fingerprint density at radius 1 is 1.16 bits per heavy atom. The molecular formula is C24H23F3N6O3S. The number of benzene rings is 1. The fourth-order valence-corrected chi connectivity index (χ4v) is 4.69. The number of anilines is 2. The third kappa shape index (κ3) is 5.75. The van der Waals surface area contributed by atoms with E-state index in [1.165, 1.54) is 6.07 Å². The molecule has 0 atom stereocenters. The molecule has 2 fully saturated rings. The molecule has 194 valence electrons. The maximum Gasteiger partial charge on any atom is 0.419 e. The van der Waals surface area contributed by atoms with Crippen molar-refractivity contribution in [2.75, 3.05) is 29.4 Å². The van der Waals surface area contributed by atoms with E-state index >= 15 is 0 Å². The standard InChI is InChI=1S/C24H23F3N6O3S/c25-24(26,27)19-12-16(14-30-20(19)13-28)33-21(34)2-1-9-32(23(33)37)15-3-5-17(6-4-15)36-18-7-10-31(11-8-18)22(29)35/h3-6,12,14,18H,1-2,7-11H2,(H2,29,35). The van der Waals surface area contributed by atoms with Crippen LogP contribution in [0.15, 0.2) is 36.5 Å². The first-order valence-corrected chi connectivity index (χ1v) is 11.9. The monoisotopic (exact) mass is 532 g/mol. The highest BCUT2D eigenvalue weighted by molar-refractivity contribution is 7.81. The lowest BCUT2D eigenvalue weighted by molar-refractivity contribution is -0.138. The van der Waals surface area contributed by atoms with Gasteiger partial charge >= 0.3 is 12.2 Å². The highest BCUT2D eigenvalue weighted by atomic mass is 32.1. The minimum atomic E-state index is -4.82. The third-order valence-corrected chi connectivity index (χ3v) is 6.59. The molecule has 37 heavy (non-hydrogen) atoms. The second-order valence-corrected chi connectivity index (χ2v) is 8.97. The Kier molecular flexibility index (Phi) is 7.49. The summed E-state index contributed by atoms with van der Waals surface area (Å²) in [5.74, 6) is 0.149. The number of primary amides is 1. The lowest BCUT2D eigenvalue weighted by atomic mass is 10.1. The molecule has 0 unspecified atom stereocenters. The molecule has 2 aliphatic rings. The van der Waals surface area contributed by atoms with Crippen LogP contribution in [0.3, 0.4) is 0 Å². The van der Waals surface area contributed by atoms with Crippen LogP contribution >= 0.6 is 12.2 Å². The van der Waals surface area contributed by atoms with Crippen molar-refractivity contribution in [2.24, 2.45) is 5.73 Å². The number of urea groups is 1. The number of halogens is 3. The zero-order chi connectivity index (χ0) is 26.7. The van der Waals surface area contributed by atoms with E-state index in [9.17, 15) is 22.8 Å². The van der Waals surface area contributed by atoms with Gasteiger partial charge < -0.3 is 20.3 Å². The third-order valence-electron chi connectivity index (χ3n) is 6.19. The average molecular weight is 533 g/mol. The first-order chi connectivity index (χ1) is 17.6. The van der Waals surface area contributed by atoms with Crippen LogP contribution in [-0.2, 0) is 11.0 Å². The summed E-state index contributed by atoms with van der Waals surface area (Å²) in [5.41, 5.74) is 3.78. The molecule has 3 amide bonds. The van der Waals surface area contributed by atoms with Crippen molar-refractivity contribution in [3.05, 3.63) is 47.8 Å². The molecule has 0 spiro atoms. The molecule has 2 aliphatic heterocycles. The van der Waals surface area contributed by atoms with Crippen molar-refractivity contribution < 1.29 is 27.5 Å². The maximum absolute atomic E-state index is 13.5. The van der Waals surface area contributed by atoms with Gasteiger partial charge in [0.2, 0.25) is 5.91 Å². The SMILES string of the molecule is N#Cc1ncc(N2C(=O)CCCN(c3ccc(OC4CCN(C(N)=O)CC4)cc3)C2=S)cc1C(F)(F)F. The summed E-state index contributed by atoms with van der Waals surface area (Å²) in [6.07, 6.45) is -2.04. The molecule has 2 saturated heterocycles. The number of carbonyl (C=O) groups is 2. The van der Waals surface area contributed by atoms with Crippen LogP contribution in [0.25, 0.3) is 0 Å². The molecule has 0 radical (unpaired) electrons. The Bertz CT molecular complexity index is 1240. The Labute approximate surface area is 216 Å². The summed E-state index contributed by atoms with van der Waals surface area (Å²) in [6.45, 7) is 1.41. The minimum Gasteiger partial charge on any atom is -0.490 e. The van der Waals surface area contributed by atoms with Crippen LogP contribution in [0.4, 0.5) is 29.3 Å². The second-order valence-electron chi connectivity index (χ2n) is 8.60. The van der Waals surface area contributed by atoms with E-state index in [1.807, 2.05) is 0 Å². The Hall–Kier alpha value is -3.92. The average Bonchev–Trinajstić information content (AvgIpc) is 3.01. The largest absolute Gasteiger partial charge is 0.490 e. The van der Waals surface area contributed by atoms with Crippen molar-refractivity contribution >= 4 is 40.6 Å². The summed E-state index contributed by atoms with van der Waals surface area (Å²) in [4.78, 5) is 32.0. The number of rotatable bonds is 4. The summed E-state index contributed by atoms with van der Waals surface area (Å²) in [6, 6.07) is 8.72. The number of nitrogens with two attached hydrogens (primary N) is 1. The number of piperidine rings is 1. The van der Waals surface area contributed by atoms with Gasteiger partial charge in [-0.05, 0) is 49.0 Å². The molecule has 1 aromatic heterocycles. The van der Waals surface area contributed by atoms with E-state index in [1.54, 1.807) is 34.1 Å². The second kappa shape index (κ2) is 10.6. The van der Waals surface area contributed by atoms with Gasteiger partial charge in [-0.25, -0.2) is 9.78 Å². The molecule has 1 aromatic carbocycles. The number of nitriles is 1. The topological polar surface area (TPSA) is 116 Å². The Morgan fingerprint density at radius 3 is 2.43 bits per heavy atom. The van der Waals surface area contributed by atoms with Gasteiger partial charge in [0, 0.05) is 44.6 Å². The molecule has 0 bridgehead atoms. The molecular weight excluding hydrogens is 509 g/mol. The number of hydrogen-bond donors (Lipinski definition) is 1. The lowest BCUT2D eigenvalue weighted by Gasteiger charge is -2.31. The van der Waals surface area contributed by atoms with Gasteiger partial charge in [-0.3, -0.25) is 9.69 Å². The fourth-order valence-electron chi connectivity index (χ4n) is 4.29. The van der Waals surface area contributed by atoms with E-state index < -0.39 is 29.4 Å². The summed E-state index contributed by atoms with van der Waals surface area (Å²) in [7, 11) is 0. The minimum absolute atomic E-state index is 0.00891. The van der Waals surface area contributed by atoms with E-state index in [0.717, 1.165) is 17.2 Å². The van der Waals surface area contributed by atoms with Gasteiger partial charge in [-0.1, -0.05) is 0 Å². The number of carbonyl (C=O) groups excluding carboxylic acids is 2. The van der Waals surface area contributed by atoms with Crippen molar-refractivity contribution in [1.29, 1.82) is 5.26 Å². The van der Waals surface area contributed by atoms with Gasteiger partial charge in [-0.15, -0.1) is 0 Å². The number of ether oxygens (including phenoxy) is 1. The van der Waals surface area contributed by atoms with Gasteiger partial charge in [0.15, 0.2) is 10.8 Å². The predicted octanol–water partition coefficient (Wildman–Crippen LogP) is 3.81. The number of pyridine rings is 1. The molecule has 9 nitrogen and oxygen atoms in total. The van der Waals surface area contributed by atoms with Crippen molar-refractivity contribution in [3.8, 4) is 11.8 Å². The van der Waals surface area contributed by atoms with Crippen molar-refractivity contribution in [1.82, 2.24) is 9.88 Å². The van der Waals surface area contributed by atoms with Crippen LogP contribution in [0, 0.1) is 11.3 Å². The molecule has 0 saturated carbocycles. The van der Waals surface area contributed by atoms with Crippen molar-refractivity contribution in [3.63, 3.8) is 0 Å². The van der Waals surface area contributed by atoms with E-state index in [2.05, 4.69) is 4.98 Å². The molecule has 4 rings (SSSR count). The number of hydrogen-bond acceptors (Lipinski definition) is 6. The Balaban J connectivity index is 1.53. The van der Waals surface area contributed by atoms with Gasteiger partial charge in [0.1, 0.15) is 17.9 Å². The summed E-state index contributed by atoms with van der Waals surface area (Å²) in [5, 5.41) is 9.03. The van der Waals surface area contributed by atoms with Crippen LogP contribution in [0.2, 0.25) is 0 Å². The molecule has 2 N–H and O–H groups in total. The van der Waals surface area contributed by atoms with Gasteiger partial charge in [0.05, 0.1) is 17.4 Å². The maximum atomic E-state index is 13.5. The van der Waals surface area contributed by atoms with Gasteiger partial charge in [-0.2, -0.15) is 18.4 Å². The zero-order valence-electron chi connectivity index (χ0n) is 19.6. The quantitative estimate of drug-likeness (QED) is 0.596. The van der Waals surface area contributed by atoms with E-state index in [-0.39, 0.29) is 23.3 Å². The first kappa shape index (κ1) is 26.2. The highest BCUT2D eigenvalue weighted by Gasteiger charge is 2.37. The zero-order valence-corrected chi connectivity index (χ0v) is 20.4. The van der Waals surface area contributed by atoms with Crippen LogP contribution in [-0.4, -0.2) is 52.7 Å². The molecule has 13 heteroatoms. The van der Waals surface area contributed by atoms with Crippen molar-refractivity contribution in [2.45, 2.75) is 38.0 Å². The molecule has 0 aliphatic carbocycles. The van der Waals surface area contributed by atoms with Crippen LogP contribution < -0.4 is 20.3 Å². The van der Waals surface area contributed by atoms with E-state index in [0.29, 0.717) is 50.3 Å². The number of aromatic nitrogens is 1. The number of likely N-dealkylation sites (tertiary alicyclic amines) is 1. The normalized spacial score (nSPS) is 17.4.